The topological polar surface area (TPSA) is 28.2 Å². The lowest BCUT2D eigenvalue weighted by atomic mass is 9.90. The van der Waals surface area contributed by atoms with E-state index in [0.717, 1.165) is 24.5 Å². The van der Waals surface area contributed by atoms with Gasteiger partial charge in [0.1, 0.15) is 0 Å². The van der Waals surface area contributed by atoms with Crippen molar-refractivity contribution in [2.45, 2.75) is 44.3 Å². The summed E-state index contributed by atoms with van der Waals surface area (Å²) in [5.74, 6) is 0.882. The number of hydrogen-bond donors (Lipinski definition) is 1. The van der Waals surface area contributed by atoms with E-state index in [2.05, 4.69) is 34.4 Å². The quantitative estimate of drug-likeness (QED) is 0.880. The SMILES string of the molecule is CNCC1CC2CCC(C1)N2Cc1ccccn1. The van der Waals surface area contributed by atoms with Crippen molar-refractivity contribution in [2.75, 3.05) is 13.6 Å². The van der Waals surface area contributed by atoms with Crippen LogP contribution in [0.15, 0.2) is 24.4 Å². The first-order valence-corrected chi connectivity index (χ1v) is 7.17. The summed E-state index contributed by atoms with van der Waals surface area (Å²) in [6, 6.07) is 7.84. The molecule has 0 amide bonds. The minimum Gasteiger partial charge on any atom is -0.319 e. The normalized spacial score (nSPS) is 31.7. The van der Waals surface area contributed by atoms with Gasteiger partial charge in [-0.1, -0.05) is 6.07 Å². The number of nitrogens with zero attached hydrogens (tertiary/aromatic N) is 2. The van der Waals surface area contributed by atoms with E-state index in [1.165, 1.54) is 37.9 Å². The molecule has 2 unspecified atom stereocenters. The van der Waals surface area contributed by atoms with Gasteiger partial charge in [-0.05, 0) is 57.3 Å². The molecule has 2 fully saturated rings. The molecule has 2 saturated heterocycles. The van der Waals surface area contributed by atoms with Crippen molar-refractivity contribution in [3.63, 3.8) is 0 Å². The monoisotopic (exact) mass is 245 g/mol. The molecule has 2 bridgehead atoms. The Balaban J connectivity index is 1.65. The molecule has 3 nitrogen and oxygen atoms in total. The first kappa shape index (κ1) is 12.1. The zero-order chi connectivity index (χ0) is 12.4. The molecule has 1 aromatic rings. The summed E-state index contributed by atoms with van der Waals surface area (Å²) in [6.07, 6.45) is 7.41. The number of fused-ring (bicyclic) bond motifs is 2. The number of pyridine rings is 1. The molecule has 3 rings (SSSR count). The third kappa shape index (κ3) is 2.43. The number of aromatic nitrogens is 1. The second-order valence-corrected chi connectivity index (χ2v) is 5.77. The Morgan fingerprint density at radius 2 is 2.06 bits per heavy atom. The number of hydrogen-bond acceptors (Lipinski definition) is 3. The smallest absolute Gasteiger partial charge is 0.0544 e. The van der Waals surface area contributed by atoms with Gasteiger partial charge in [0.25, 0.3) is 0 Å². The summed E-state index contributed by atoms with van der Waals surface area (Å²) < 4.78 is 0. The van der Waals surface area contributed by atoms with Gasteiger partial charge in [0, 0.05) is 24.8 Å². The molecule has 0 saturated carbocycles. The highest BCUT2D eigenvalue weighted by atomic mass is 15.2. The Bertz CT molecular complexity index is 365. The van der Waals surface area contributed by atoms with Crippen molar-refractivity contribution in [3.8, 4) is 0 Å². The van der Waals surface area contributed by atoms with E-state index < -0.39 is 0 Å². The van der Waals surface area contributed by atoms with E-state index in [4.69, 9.17) is 0 Å². The first-order valence-electron chi connectivity index (χ1n) is 7.17. The van der Waals surface area contributed by atoms with Crippen LogP contribution in [0.3, 0.4) is 0 Å². The molecule has 2 aliphatic heterocycles. The van der Waals surface area contributed by atoms with Gasteiger partial charge in [-0.3, -0.25) is 9.88 Å². The predicted octanol–water partition coefficient (Wildman–Crippen LogP) is 2.04. The molecule has 3 heteroatoms. The zero-order valence-electron chi connectivity index (χ0n) is 11.2. The van der Waals surface area contributed by atoms with Crippen LogP contribution in [0.1, 0.15) is 31.4 Å². The van der Waals surface area contributed by atoms with Crippen LogP contribution in [0.4, 0.5) is 0 Å². The molecule has 98 valence electrons. The van der Waals surface area contributed by atoms with Crippen LogP contribution in [-0.4, -0.2) is 35.6 Å². The maximum absolute atomic E-state index is 4.47. The Morgan fingerprint density at radius 1 is 1.28 bits per heavy atom. The fraction of sp³-hybridized carbons (Fsp3) is 0.667. The van der Waals surface area contributed by atoms with Gasteiger partial charge in [-0.2, -0.15) is 0 Å². The number of nitrogens with one attached hydrogen (secondary N) is 1. The fourth-order valence-corrected chi connectivity index (χ4v) is 3.78. The molecule has 2 atom stereocenters. The van der Waals surface area contributed by atoms with E-state index in [-0.39, 0.29) is 0 Å². The van der Waals surface area contributed by atoms with E-state index in [1.54, 1.807) is 0 Å². The lowest BCUT2D eigenvalue weighted by Gasteiger charge is -2.38. The van der Waals surface area contributed by atoms with Gasteiger partial charge in [0.2, 0.25) is 0 Å². The lowest BCUT2D eigenvalue weighted by Crippen LogP contribution is -2.44. The minimum atomic E-state index is 0.795. The summed E-state index contributed by atoms with van der Waals surface area (Å²) in [5.41, 5.74) is 1.22. The average Bonchev–Trinajstić information content (AvgIpc) is 2.63. The van der Waals surface area contributed by atoms with Crippen molar-refractivity contribution in [3.05, 3.63) is 30.1 Å². The molecule has 0 aliphatic carbocycles. The van der Waals surface area contributed by atoms with Gasteiger partial charge < -0.3 is 5.32 Å². The van der Waals surface area contributed by atoms with Crippen LogP contribution in [0, 0.1) is 5.92 Å². The Morgan fingerprint density at radius 3 is 2.67 bits per heavy atom. The highest BCUT2D eigenvalue weighted by molar-refractivity contribution is 5.06. The highest BCUT2D eigenvalue weighted by Crippen LogP contribution is 2.39. The molecule has 0 spiro atoms. The minimum absolute atomic E-state index is 0.795. The molecule has 0 aromatic carbocycles. The van der Waals surface area contributed by atoms with Gasteiger partial charge in [0.05, 0.1) is 5.69 Å². The largest absolute Gasteiger partial charge is 0.319 e. The molecular formula is C15H23N3. The van der Waals surface area contributed by atoms with Gasteiger partial charge in [0.15, 0.2) is 0 Å². The molecule has 2 aliphatic rings. The summed E-state index contributed by atoms with van der Waals surface area (Å²) in [5, 5.41) is 3.34. The summed E-state index contributed by atoms with van der Waals surface area (Å²) in [7, 11) is 2.07. The third-order valence-corrected chi connectivity index (χ3v) is 4.55. The predicted molar refractivity (Wildman–Crippen MR) is 73.2 cm³/mol. The summed E-state index contributed by atoms with van der Waals surface area (Å²) in [6.45, 7) is 2.23. The summed E-state index contributed by atoms with van der Waals surface area (Å²) >= 11 is 0. The molecule has 1 N–H and O–H groups in total. The van der Waals surface area contributed by atoms with Crippen molar-refractivity contribution in [1.29, 1.82) is 0 Å². The van der Waals surface area contributed by atoms with Crippen LogP contribution >= 0.6 is 0 Å². The molecular weight excluding hydrogens is 222 g/mol. The van der Waals surface area contributed by atoms with Crippen LogP contribution in [0.25, 0.3) is 0 Å². The van der Waals surface area contributed by atoms with E-state index >= 15 is 0 Å². The maximum atomic E-state index is 4.47. The Kier molecular flexibility index (Phi) is 3.62. The second-order valence-electron chi connectivity index (χ2n) is 5.77. The summed E-state index contributed by atoms with van der Waals surface area (Å²) in [4.78, 5) is 7.17. The van der Waals surface area contributed by atoms with Crippen LogP contribution < -0.4 is 5.32 Å². The van der Waals surface area contributed by atoms with Gasteiger partial charge in [-0.15, -0.1) is 0 Å². The maximum Gasteiger partial charge on any atom is 0.0544 e. The van der Waals surface area contributed by atoms with Crippen LogP contribution in [0.2, 0.25) is 0 Å². The molecule has 3 heterocycles. The molecule has 0 radical (unpaired) electrons. The van der Waals surface area contributed by atoms with E-state index in [0.29, 0.717) is 0 Å². The Labute approximate surface area is 110 Å². The van der Waals surface area contributed by atoms with Crippen molar-refractivity contribution >= 4 is 0 Å². The standard InChI is InChI=1S/C15H23N3/c1-16-10-12-8-14-5-6-15(9-12)18(14)11-13-4-2-3-7-17-13/h2-4,7,12,14-16H,5-6,8-11H2,1H3. The highest BCUT2D eigenvalue weighted by Gasteiger charge is 2.40. The third-order valence-electron chi connectivity index (χ3n) is 4.55. The van der Waals surface area contributed by atoms with Gasteiger partial charge in [-0.25, -0.2) is 0 Å². The van der Waals surface area contributed by atoms with E-state index in [1.807, 2.05) is 12.3 Å². The average molecular weight is 245 g/mol. The lowest BCUT2D eigenvalue weighted by molar-refractivity contribution is 0.0951. The first-order chi connectivity index (χ1) is 8.86. The molecule has 1 aromatic heterocycles. The number of rotatable bonds is 4. The van der Waals surface area contributed by atoms with Crippen LogP contribution in [-0.2, 0) is 6.54 Å². The van der Waals surface area contributed by atoms with E-state index in [9.17, 15) is 0 Å². The molecule has 18 heavy (non-hydrogen) atoms. The second kappa shape index (κ2) is 5.37. The van der Waals surface area contributed by atoms with Crippen molar-refractivity contribution < 1.29 is 0 Å². The van der Waals surface area contributed by atoms with Crippen LogP contribution in [0.5, 0.6) is 0 Å². The number of piperidine rings is 1. The van der Waals surface area contributed by atoms with Crippen molar-refractivity contribution in [2.24, 2.45) is 5.92 Å². The van der Waals surface area contributed by atoms with Gasteiger partial charge >= 0.3 is 0 Å². The van der Waals surface area contributed by atoms with Crippen molar-refractivity contribution in [1.82, 2.24) is 15.2 Å². The zero-order valence-corrected chi connectivity index (χ0v) is 11.2. The fourth-order valence-electron chi connectivity index (χ4n) is 3.78. The Hall–Kier alpha value is -0.930.